The standard InChI is InChI=1S/C20H27N3/c1-2-3-4-5-6-7-8-17-9-13-19(14-10-17)22-23-20-15-11-18(21)12-16-20/h9-16H,2-8,21H2,1H3. The van der Waals surface area contributed by atoms with Gasteiger partial charge in [-0.2, -0.15) is 10.2 Å². The predicted molar refractivity (Wildman–Crippen MR) is 98.6 cm³/mol. The Morgan fingerprint density at radius 1 is 0.696 bits per heavy atom. The molecule has 0 saturated heterocycles. The molecule has 23 heavy (non-hydrogen) atoms. The summed E-state index contributed by atoms with van der Waals surface area (Å²) in [6.45, 7) is 2.26. The van der Waals surface area contributed by atoms with Crippen molar-refractivity contribution in [2.45, 2.75) is 51.9 Å². The van der Waals surface area contributed by atoms with Gasteiger partial charge in [0.1, 0.15) is 0 Å². The minimum atomic E-state index is 0.739. The lowest BCUT2D eigenvalue weighted by molar-refractivity contribution is 0.607. The quantitative estimate of drug-likeness (QED) is 0.317. The fourth-order valence-corrected chi connectivity index (χ4v) is 2.50. The zero-order valence-electron chi connectivity index (χ0n) is 14.0. The minimum absolute atomic E-state index is 0.739. The molecule has 0 atom stereocenters. The van der Waals surface area contributed by atoms with E-state index in [-0.39, 0.29) is 0 Å². The topological polar surface area (TPSA) is 50.7 Å². The van der Waals surface area contributed by atoms with E-state index in [9.17, 15) is 0 Å². The number of nitrogens with two attached hydrogens (primary N) is 1. The van der Waals surface area contributed by atoms with E-state index in [2.05, 4.69) is 29.3 Å². The van der Waals surface area contributed by atoms with Crippen LogP contribution in [0, 0.1) is 0 Å². The maximum atomic E-state index is 5.65. The first kappa shape index (κ1) is 17.2. The molecule has 2 aromatic carbocycles. The molecule has 0 bridgehead atoms. The summed E-state index contributed by atoms with van der Waals surface area (Å²) in [4.78, 5) is 0. The van der Waals surface area contributed by atoms with Crippen molar-refractivity contribution in [3.05, 3.63) is 54.1 Å². The van der Waals surface area contributed by atoms with Gasteiger partial charge in [0.25, 0.3) is 0 Å². The predicted octanol–water partition coefficient (Wildman–Crippen LogP) is 6.59. The Hall–Kier alpha value is -2.16. The molecule has 0 saturated carbocycles. The average molecular weight is 309 g/mol. The monoisotopic (exact) mass is 309 g/mol. The highest BCUT2D eigenvalue weighted by Gasteiger charge is 1.96. The van der Waals surface area contributed by atoms with Gasteiger partial charge in [-0.3, -0.25) is 0 Å². The molecule has 122 valence electrons. The fraction of sp³-hybridized carbons (Fsp3) is 0.400. The number of azo groups is 1. The van der Waals surface area contributed by atoms with Crippen molar-refractivity contribution in [3.8, 4) is 0 Å². The average Bonchev–Trinajstić information content (AvgIpc) is 2.58. The van der Waals surface area contributed by atoms with Crippen LogP contribution in [0.2, 0.25) is 0 Å². The van der Waals surface area contributed by atoms with Gasteiger partial charge in [0.15, 0.2) is 0 Å². The maximum Gasteiger partial charge on any atom is 0.0858 e. The number of hydrogen-bond acceptors (Lipinski definition) is 3. The van der Waals surface area contributed by atoms with Crippen LogP contribution in [0.25, 0.3) is 0 Å². The van der Waals surface area contributed by atoms with Crippen LogP contribution in [0.1, 0.15) is 51.0 Å². The Morgan fingerprint density at radius 2 is 1.22 bits per heavy atom. The number of benzene rings is 2. The normalized spacial score (nSPS) is 11.2. The number of unbranched alkanes of at least 4 members (excludes halogenated alkanes) is 5. The number of nitrogens with zero attached hydrogens (tertiary/aromatic N) is 2. The highest BCUT2D eigenvalue weighted by Crippen LogP contribution is 2.20. The summed E-state index contributed by atoms with van der Waals surface area (Å²) in [7, 11) is 0. The van der Waals surface area contributed by atoms with E-state index in [1.807, 2.05) is 36.4 Å². The Labute approximate surface area is 139 Å². The van der Waals surface area contributed by atoms with Crippen LogP contribution in [-0.2, 0) is 6.42 Å². The van der Waals surface area contributed by atoms with E-state index in [0.717, 1.165) is 23.5 Å². The highest BCUT2D eigenvalue weighted by molar-refractivity contribution is 5.48. The third kappa shape index (κ3) is 6.64. The molecule has 3 nitrogen and oxygen atoms in total. The van der Waals surface area contributed by atoms with Gasteiger partial charge in [-0.05, 0) is 54.8 Å². The molecule has 2 aromatic rings. The van der Waals surface area contributed by atoms with Gasteiger partial charge in [-0.25, -0.2) is 0 Å². The molecule has 0 amide bonds. The largest absolute Gasteiger partial charge is 0.399 e. The molecule has 0 spiro atoms. The summed E-state index contributed by atoms with van der Waals surface area (Å²) >= 11 is 0. The molecule has 3 heteroatoms. The molecular formula is C20H27N3. The minimum Gasteiger partial charge on any atom is -0.399 e. The molecule has 0 aromatic heterocycles. The van der Waals surface area contributed by atoms with Gasteiger partial charge < -0.3 is 5.73 Å². The number of aryl methyl sites for hydroxylation is 1. The van der Waals surface area contributed by atoms with Crippen LogP contribution in [-0.4, -0.2) is 0 Å². The first-order valence-corrected chi connectivity index (χ1v) is 8.64. The zero-order chi connectivity index (χ0) is 16.3. The Bertz CT molecular complexity index is 585. The first-order chi connectivity index (χ1) is 11.3. The van der Waals surface area contributed by atoms with Crippen LogP contribution >= 0.6 is 0 Å². The molecule has 2 N–H and O–H groups in total. The second-order valence-electron chi connectivity index (χ2n) is 5.98. The van der Waals surface area contributed by atoms with Crippen molar-refractivity contribution in [1.29, 1.82) is 0 Å². The second kappa shape index (κ2) is 9.78. The lowest BCUT2D eigenvalue weighted by atomic mass is 10.0. The molecule has 2 rings (SSSR count). The SMILES string of the molecule is CCCCCCCCc1ccc(N=Nc2ccc(N)cc2)cc1. The second-order valence-corrected chi connectivity index (χ2v) is 5.98. The molecule has 0 unspecified atom stereocenters. The summed E-state index contributed by atoms with van der Waals surface area (Å²) < 4.78 is 0. The smallest absolute Gasteiger partial charge is 0.0858 e. The van der Waals surface area contributed by atoms with Crippen molar-refractivity contribution >= 4 is 17.1 Å². The van der Waals surface area contributed by atoms with E-state index < -0.39 is 0 Å². The third-order valence-electron chi connectivity index (χ3n) is 3.93. The number of hydrogen-bond donors (Lipinski definition) is 1. The summed E-state index contributed by atoms with van der Waals surface area (Å²) in [5.74, 6) is 0. The van der Waals surface area contributed by atoms with E-state index in [1.165, 1.54) is 44.1 Å². The summed E-state index contributed by atoms with van der Waals surface area (Å²) in [5.41, 5.74) is 9.47. The van der Waals surface area contributed by atoms with Gasteiger partial charge in [0.05, 0.1) is 11.4 Å². The van der Waals surface area contributed by atoms with E-state index in [1.54, 1.807) is 0 Å². The van der Waals surface area contributed by atoms with E-state index in [4.69, 9.17) is 5.73 Å². The summed E-state index contributed by atoms with van der Waals surface area (Å²) in [6, 6.07) is 15.8. The van der Waals surface area contributed by atoms with Crippen molar-refractivity contribution in [2.24, 2.45) is 10.2 Å². The van der Waals surface area contributed by atoms with Crippen LogP contribution in [0.5, 0.6) is 0 Å². The van der Waals surface area contributed by atoms with Gasteiger partial charge in [-0.1, -0.05) is 51.2 Å². The van der Waals surface area contributed by atoms with Gasteiger partial charge in [-0.15, -0.1) is 0 Å². The maximum absolute atomic E-state index is 5.65. The van der Waals surface area contributed by atoms with Crippen molar-refractivity contribution in [2.75, 3.05) is 5.73 Å². The van der Waals surface area contributed by atoms with Crippen LogP contribution in [0.3, 0.4) is 0 Å². The lowest BCUT2D eigenvalue weighted by Gasteiger charge is -2.02. The van der Waals surface area contributed by atoms with Gasteiger partial charge in [0.2, 0.25) is 0 Å². The fourth-order valence-electron chi connectivity index (χ4n) is 2.50. The van der Waals surface area contributed by atoms with Crippen molar-refractivity contribution in [1.82, 2.24) is 0 Å². The molecular weight excluding hydrogens is 282 g/mol. The summed E-state index contributed by atoms with van der Waals surface area (Å²) in [6.07, 6.45) is 9.18. The number of nitrogen functional groups attached to an aromatic ring is 1. The van der Waals surface area contributed by atoms with Crippen LogP contribution in [0.4, 0.5) is 17.1 Å². The Kier molecular flexibility index (Phi) is 7.31. The van der Waals surface area contributed by atoms with Crippen molar-refractivity contribution in [3.63, 3.8) is 0 Å². The molecule has 0 heterocycles. The van der Waals surface area contributed by atoms with E-state index in [0.29, 0.717) is 0 Å². The van der Waals surface area contributed by atoms with Crippen LogP contribution < -0.4 is 5.73 Å². The molecule has 0 radical (unpaired) electrons. The van der Waals surface area contributed by atoms with Crippen molar-refractivity contribution < 1.29 is 0 Å². The molecule has 0 fully saturated rings. The summed E-state index contributed by atoms with van der Waals surface area (Å²) in [5, 5.41) is 8.48. The highest BCUT2D eigenvalue weighted by atomic mass is 15.1. The molecule has 0 aliphatic rings. The number of anilines is 1. The Balaban J connectivity index is 1.76. The zero-order valence-corrected chi connectivity index (χ0v) is 14.0. The lowest BCUT2D eigenvalue weighted by Crippen LogP contribution is -1.85. The number of rotatable bonds is 9. The van der Waals surface area contributed by atoms with Crippen LogP contribution in [0.15, 0.2) is 58.8 Å². The molecule has 0 aliphatic carbocycles. The first-order valence-electron chi connectivity index (χ1n) is 8.64. The Morgan fingerprint density at radius 3 is 1.83 bits per heavy atom. The van der Waals surface area contributed by atoms with Gasteiger partial charge in [0, 0.05) is 5.69 Å². The molecule has 0 aliphatic heterocycles. The van der Waals surface area contributed by atoms with E-state index >= 15 is 0 Å². The van der Waals surface area contributed by atoms with Gasteiger partial charge >= 0.3 is 0 Å². The third-order valence-corrected chi connectivity index (χ3v) is 3.93.